The van der Waals surface area contributed by atoms with Gasteiger partial charge < -0.3 is 14.4 Å². The van der Waals surface area contributed by atoms with Crippen molar-refractivity contribution < 1.29 is 14.3 Å². The van der Waals surface area contributed by atoms with E-state index >= 15 is 0 Å². The maximum Gasteiger partial charge on any atom is 0.346 e. The predicted octanol–water partition coefficient (Wildman–Crippen LogP) is 8.06. The molecule has 0 saturated carbocycles. The molecule has 0 unspecified atom stereocenters. The number of carboxylic acids is 1. The van der Waals surface area contributed by atoms with Crippen LogP contribution in [0.2, 0.25) is 0 Å². The average molecular weight is 559 g/mol. The number of rotatable bonds is 11. The van der Waals surface area contributed by atoms with Gasteiger partial charge in [0.1, 0.15) is 17.2 Å². The van der Waals surface area contributed by atoms with Gasteiger partial charge >= 0.3 is 11.6 Å². The number of carboxylic acid groups (broad SMARTS) is 1. The summed E-state index contributed by atoms with van der Waals surface area (Å²) in [6.07, 6.45) is 11.1. The topological polar surface area (TPSA) is 94.5 Å². The van der Waals surface area contributed by atoms with Gasteiger partial charge in [0.05, 0.1) is 5.56 Å². The fourth-order valence-corrected chi connectivity index (χ4v) is 4.76. The number of aliphatic carboxylic acids is 1. The highest BCUT2D eigenvalue weighted by Crippen LogP contribution is 2.26. The van der Waals surface area contributed by atoms with Crippen LogP contribution in [0.3, 0.4) is 0 Å². The Bertz CT molecular complexity index is 1750. The van der Waals surface area contributed by atoms with Crippen LogP contribution in [0.15, 0.2) is 81.5 Å². The van der Waals surface area contributed by atoms with Crippen LogP contribution >= 0.6 is 0 Å². The van der Waals surface area contributed by atoms with E-state index in [0.717, 1.165) is 59.3 Å². The molecule has 0 radical (unpaired) electrons. The lowest BCUT2D eigenvalue weighted by Crippen LogP contribution is -2.24. The summed E-state index contributed by atoms with van der Waals surface area (Å²) in [5.41, 5.74) is 6.02. The van der Waals surface area contributed by atoms with E-state index in [-0.39, 0.29) is 11.2 Å². The fraction of sp³-hybridized carbons (Fsp3) is 0.194. The van der Waals surface area contributed by atoms with Crippen molar-refractivity contribution in [3.8, 4) is 6.07 Å². The third kappa shape index (κ3) is 7.32. The van der Waals surface area contributed by atoms with Crippen LogP contribution < -0.4 is 10.5 Å². The van der Waals surface area contributed by atoms with Crippen LogP contribution in [-0.4, -0.2) is 24.2 Å². The highest BCUT2D eigenvalue weighted by Gasteiger charge is 2.12. The van der Waals surface area contributed by atoms with E-state index in [9.17, 15) is 9.59 Å². The Morgan fingerprint density at radius 3 is 1.88 bits per heavy atom. The number of hydrogen-bond acceptors (Lipinski definition) is 5. The SMILES string of the molecule is CCCN(CCC)c1ccc2c(C)c(/C=C/c3ccc(/C=C/c4ccc(/C=C(/C#N)C(=O)O)cc4)cc3)c(=O)oc2c1. The lowest BCUT2D eigenvalue weighted by Gasteiger charge is -2.24. The van der Waals surface area contributed by atoms with Crippen molar-refractivity contribution in [3.05, 3.63) is 116 Å². The van der Waals surface area contributed by atoms with Crippen molar-refractivity contribution in [1.82, 2.24) is 0 Å². The van der Waals surface area contributed by atoms with Crippen LogP contribution in [-0.2, 0) is 4.79 Å². The van der Waals surface area contributed by atoms with Gasteiger partial charge in [-0.3, -0.25) is 0 Å². The molecule has 0 fully saturated rings. The van der Waals surface area contributed by atoms with Gasteiger partial charge in [0.25, 0.3) is 0 Å². The van der Waals surface area contributed by atoms with Gasteiger partial charge in [-0.2, -0.15) is 5.26 Å². The minimum absolute atomic E-state index is 0.306. The number of aryl methyl sites for hydroxylation is 1. The van der Waals surface area contributed by atoms with Crippen LogP contribution in [0.25, 0.3) is 41.3 Å². The van der Waals surface area contributed by atoms with Gasteiger partial charge in [0.15, 0.2) is 0 Å². The van der Waals surface area contributed by atoms with E-state index in [1.54, 1.807) is 18.2 Å². The molecule has 1 heterocycles. The van der Waals surface area contributed by atoms with Crippen molar-refractivity contribution in [1.29, 1.82) is 5.26 Å². The molecule has 0 bridgehead atoms. The van der Waals surface area contributed by atoms with Crippen molar-refractivity contribution in [2.45, 2.75) is 33.6 Å². The Morgan fingerprint density at radius 1 is 0.857 bits per heavy atom. The normalized spacial score (nSPS) is 11.8. The van der Waals surface area contributed by atoms with Gasteiger partial charge in [0, 0.05) is 30.2 Å². The van der Waals surface area contributed by atoms with E-state index in [4.69, 9.17) is 14.8 Å². The van der Waals surface area contributed by atoms with E-state index in [1.165, 1.54) is 6.08 Å². The van der Waals surface area contributed by atoms with Crippen LogP contribution in [0.5, 0.6) is 0 Å². The maximum absolute atomic E-state index is 12.9. The third-order valence-corrected chi connectivity index (χ3v) is 6.99. The molecule has 0 aliphatic carbocycles. The minimum atomic E-state index is -1.24. The highest BCUT2D eigenvalue weighted by molar-refractivity contribution is 5.96. The predicted molar refractivity (Wildman–Crippen MR) is 172 cm³/mol. The number of hydrogen-bond donors (Lipinski definition) is 1. The van der Waals surface area contributed by atoms with E-state index in [2.05, 4.69) is 24.8 Å². The maximum atomic E-state index is 12.9. The van der Waals surface area contributed by atoms with Gasteiger partial charge in [0.2, 0.25) is 0 Å². The Labute approximate surface area is 246 Å². The van der Waals surface area contributed by atoms with Crippen molar-refractivity contribution in [2.24, 2.45) is 0 Å². The molecule has 0 amide bonds. The zero-order valence-corrected chi connectivity index (χ0v) is 24.1. The molecule has 0 atom stereocenters. The summed E-state index contributed by atoms with van der Waals surface area (Å²) in [6, 6.07) is 23.0. The number of carbonyl (C=O) groups is 1. The molecular weight excluding hydrogens is 524 g/mol. The first-order chi connectivity index (χ1) is 20.3. The van der Waals surface area contributed by atoms with Crippen LogP contribution in [0.4, 0.5) is 5.69 Å². The Balaban J connectivity index is 1.48. The zero-order valence-electron chi connectivity index (χ0n) is 24.1. The molecule has 212 valence electrons. The van der Waals surface area contributed by atoms with Crippen molar-refractivity contribution >= 4 is 53.0 Å². The summed E-state index contributed by atoms with van der Waals surface area (Å²) in [5, 5.41) is 18.8. The molecule has 3 aromatic carbocycles. The standard InChI is InChI=1S/C36H34N2O4/c1-4-20-38(21-5-2)31-17-19-32-25(3)33(36(41)42-34(32)23-31)18-16-28-10-8-26(9-11-28)6-7-27-12-14-29(15-13-27)22-30(24-37)35(39)40/h6-19,22-23H,4-5,20-21H2,1-3H3,(H,39,40)/b7-6+,18-16+,30-22-. The molecule has 0 saturated heterocycles. The monoisotopic (exact) mass is 558 g/mol. The molecule has 0 spiro atoms. The highest BCUT2D eigenvalue weighted by atomic mass is 16.4. The molecule has 6 nitrogen and oxygen atoms in total. The van der Waals surface area contributed by atoms with Gasteiger partial charge in [-0.25, -0.2) is 9.59 Å². The number of benzene rings is 3. The molecule has 0 aliphatic rings. The van der Waals surface area contributed by atoms with Gasteiger partial charge in [-0.15, -0.1) is 0 Å². The summed E-state index contributed by atoms with van der Waals surface area (Å²) in [4.78, 5) is 26.3. The smallest absolute Gasteiger partial charge is 0.346 e. The second-order valence-electron chi connectivity index (χ2n) is 10.1. The first-order valence-corrected chi connectivity index (χ1v) is 14.1. The third-order valence-electron chi connectivity index (χ3n) is 6.99. The zero-order chi connectivity index (χ0) is 30.1. The first kappa shape index (κ1) is 29.8. The Kier molecular flexibility index (Phi) is 9.91. The number of fused-ring (bicyclic) bond motifs is 1. The van der Waals surface area contributed by atoms with E-state index < -0.39 is 5.97 Å². The Hall–Kier alpha value is -5.15. The van der Waals surface area contributed by atoms with E-state index in [0.29, 0.717) is 16.7 Å². The molecule has 0 aliphatic heterocycles. The molecule has 4 rings (SSSR count). The summed E-state index contributed by atoms with van der Waals surface area (Å²) < 4.78 is 5.76. The van der Waals surface area contributed by atoms with Crippen LogP contribution in [0.1, 0.15) is 60.1 Å². The second kappa shape index (κ2) is 14.0. The molecule has 1 N–H and O–H groups in total. The molecule has 4 aromatic rings. The number of nitriles is 1. The summed E-state index contributed by atoms with van der Waals surface area (Å²) in [7, 11) is 0. The fourth-order valence-electron chi connectivity index (χ4n) is 4.76. The second-order valence-corrected chi connectivity index (χ2v) is 10.1. The van der Waals surface area contributed by atoms with Gasteiger partial charge in [-0.1, -0.05) is 80.6 Å². The lowest BCUT2D eigenvalue weighted by atomic mass is 10.0. The molecule has 1 aromatic heterocycles. The van der Waals surface area contributed by atoms with E-state index in [1.807, 2.05) is 79.8 Å². The molecule has 6 heteroatoms. The Morgan fingerprint density at radius 2 is 1.38 bits per heavy atom. The number of anilines is 1. The van der Waals surface area contributed by atoms with Crippen LogP contribution in [0, 0.1) is 18.3 Å². The largest absolute Gasteiger partial charge is 0.477 e. The summed E-state index contributed by atoms with van der Waals surface area (Å²) in [5.74, 6) is -1.24. The summed E-state index contributed by atoms with van der Waals surface area (Å²) >= 11 is 0. The molecular formula is C36H34N2O4. The average Bonchev–Trinajstić information content (AvgIpc) is 2.99. The lowest BCUT2D eigenvalue weighted by molar-refractivity contribution is -0.132. The summed E-state index contributed by atoms with van der Waals surface area (Å²) in [6.45, 7) is 8.21. The van der Waals surface area contributed by atoms with Crippen molar-refractivity contribution in [3.63, 3.8) is 0 Å². The van der Waals surface area contributed by atoms with Crippen molar-refractivity contribution in [2.75, 3.05) is 18.0 Å². The van der Waals surface area contributed by atoms with Gasteiger partial charge in [-0.05, 0) is 71.9 Å². The quantitative estimate of drug-likeness (QED) is 0.0866. The molecule has 42 heavy (non-hydrogen) atoms. The number of nitrogens with zero attached hydrogens (tertiary/aromatic N) is 2. The minimum Gasteiger partial charge on any atom is -0.477 e. The first-order valence-electron chi connectivity index (χ1n) is 14.1.